The molecule has 1 saturated carbocycles. The number of aromatic amines is 1. The van der Waals surface area contributed by atoms with Crippen LogP contribution >= 0.6 is 15.9 Å². The summed E-state index contributed by atoms with van der Waals surface area (Å²) in [5, 5.41) is 0. The molecule has 0 aliphatic heterocycles. The number of nitrogens with zero attached hydrogens (tertiary/aromatic N) is 2. The Labute approximate surface area is 103 Å². The number of rotatable bonds is 2. The summed E-state index contributed by atoms with van der Waals surface area (Å²) in [7, 11) is 3.76. The van der Waals surface area contributed by atoms with Crippen LogP contribution in [0.3, 0.4) is 0 Å². The fourth-order valence-corrected chi connectivity index (χ4v) is 2.66. The summed E-state index contributed by atoms with van der Waals surface area (Å²) in [6.07, 6.45) is 4.76. The van der Waals surface area contributed by atoms with Gasteiger partial charge in [-0.15, -0.1) is 0 Å². The van der Waals surface area contributed by atoms with Gasteiger partial charge in [0.1, 0.15) is 4.47 Å². The summed E-state index contributed by atoms with van der Waals surface area (Å²) in [5.41, 5.74) is 0.838. The van der Waals surface area contributed by atoms with Crippen molar-refractivity contribution >= 4 is 21.9 Å². The van der Waals surface area contributed by atoms with Gasteiger partial charge in [-0.2, -0.15) is 0 Å². The molecule has 4 nitrogen and oxygen atoms in total. The molecule has 0 radical (unpaired) electrons. The lowest BCUT2D eigenvalue weighted by Crippen LogP contribution is -2.21. The summed E-state index contributed by atoms with van der Waals surface area (Å²) >= 11 is 3.35. The maximum absolute atomic E-state index is 11.8. The van der Waals surface area contributed by atoms with Crippen molar-refractivity contribution in [2.75, 3.05) is 19.0 Å². The van der Waals surface area contributed by atoms with Gasteiger partial charge in [0.05, 0.1) is 5.69 Å². The first-order valence-electron chi connectivity index (χ1n) is 5.56. The molecule has 0 spiro atoms. The van der Waals surface area contributed by atoms with Crippen LogP contribution in [0.1, 0.15) is 37.3 Å². The van der Waals surface area contributed by atoms with Crippen LogP contribution in [0.2, 0.25) is 0 Å². The molecule has 0 amide bonds. The minimum absolute atomic E-state index is 0.0828. The molecule has 0 atom stereocenters. The van der Waals surface area contributed by atoms with E-state index in [0.717, 1.165) is 18.5 Å². The molecule has 0 unspecified atom stereocenters. The lowest BCUT2D eigenvalue weighted by atomic mass is 10.0. The van der Waals surface area contributed by atoms with E-state index in [4.69, 9.17) is 0 Å². The molecule has 1 aromatic heterocycles. The van der Waals surface area contributed by atoms with Gasteiger partial charge in [-0.05, 0) is 28.8 Å². The Hall–Kier alpha value is -0.840. The molecule has 1 heterocycles. The lowest BCUT2D eigenvalue weighted by molar-refractivity contribution is 0.685. The van der Waals surface area contributed by atoms with Crippen LogP contribution in [0.25, 0.3) is 0 Å². The van der Waals surface area contributed by atoms with Gasteiger partial charge in [0, 0.05) is 20.0 Å². The van der Waals surface area contributed by atoms with Crippen LogP contribution in [-0.2, 0) is 0 Å². The molecule has 16 heavy (non-hydrogen) atoms. The minimum Gasteiger partial charge on any atom is -0.348 e. The van der Waals surface area contributed by atoms with E-state index in [1.165, 1.54) is 12.8 Å². The Morgan fingerprint density at radius 3 is 2.56 bits per heavy atom. The van der Waals surface area contributed by atoms with Crippen LogP contribution in [0.4, 0.5) is 5.95 Å². The minimum atomic E-state index is -0.0828. The number of hydrogen-bond donors (Lipinski definition) is 1. The first kappa shape index (κ1) is 11.6. The van der Waals surface area contributed by atoms with Crippen LogP contribution in [0.15, 0.2) is 9.27 Å². The Bertz CT molecular complexity index is 435. The Morgan fingerprint density at radius 1 is 1.38 bits per heavy atom. The van der Waals surface area contributed by atoms with Gasteiger partial charge in [-0.1, -0.05) is 12.8 Å². The first-order valence-corrected chi connectivity index (χ1v) is 6.36. The van der Waals surface area contributed by atoms with E-state index < -0.39 is 0 Å². The van der Waals surface area contributed by atoms with E-state index in [-0.39, 0.29) is 5.56 Å². The quantitative estimate of drug-likeness (QED) is 0.907. The zero-order valence-electron chi connectivity index (χ0n) is 9.59. The van der Waals surface area contributed by atoms with Crippen molar-refractivity contribution in [3.63, 3.8) is 0 Å². The molecule has 0 saturated heterocycles. The van der Waals surface area contributed by atoms with E-state index in [1.807, 2.05) is 19.0 Å². The van der Waals surface area contributed by atoms with Crippen LogP contribution < -0.4 is 10.5 Å². The Morgan fingerprint density at radius 2 is 2.00 bits per heavy atom. The van der Waals surface area contributed by atoms with Gasteiger partial charge in [0.2, 0.25) is 5.95 Å². The van der Waals surface area contributed by atoms with Crippen molar-refractivity contribution < 1.29 is 0 Å². The van der Waals surface area contributed by atoms with Crippen LogP contribution in [0.5, 0.6) is 0 Å². The highest BCUT2D eigenvalue weighted by atomic mass is 79.9. The molecule has 0 bridgehead atoms. The van der Waals surface area contributed by atoms with Crippen molar-refractivity contribution in [3.8, 4) is 0 Å². The lowest BCUT2D eigenvalue weighted by Gasteiger charge is -2.15. The topological polar surface area (TPSA) is 49.0 Å². The molecular formula is C11H16BrN3O. The second-order valence-corrected chi connectivity index (χ2v) is 5.26. The number of halogens is 1. The number of H-pyrrole nitrogens is 1. The maximum atomic E-state index is 11.8. The molecule has 1 aliphatic rings. The van der Waals surface area contributed by atoms with Gasteiger partial charge < -0.3 is 4.90 Å². The summed E-state index contributed by atoms with van der Waals surface area (Å²) in [6.45, 7) is 0. The molecule has 1 N–H and O–H groups in total. The predicted molar refractivity (Wildman–Crippen MR) is 68.1 cm³/mol. The fourth-order valence-electron chi connectivity index (χ4n) is 2.15. The third-order valence-electron chi connectivity index (χ3n) is 3.04. The SMILES string of the molecule is CN(C)c1nc(C2CCCC2)c(Br)c(=O)[nH]1. The first-order chi connectivity index (χ1) is 7.59. The van der Waals surface area contributed by atoms with E-state index >= 15 is 0 Å². The highest BCUT2D eigenvalue weighted by Gasteiger charge is 2.23. The molecule has 1 fully saturated rings. The van der Waals surface area contributed by atoms with Crippen molar-refractivity contribution in [1.82, 2.24) is 9.97 Å². The normalized spacial score (nSPS) is 16.7. The van der Waals surface area contributed by atoms with Crippen LogP contribution in [-0.4, -0.2) is 24.1 Å². The highest BCUT2D eigenvalue weighted by molar-refractivity contribution is 9.10. The summed E-state index contributed by atoms with van der Waals surface area (Å²) in [4.78, 5) is 20.9. The third-order valence-corrected chi connectivity index (χ3v) is 3.81. The largest absolute Gasteiger partial charge is 0.348 e. The van der Waals surface area contributed by atoms with Crippen molar-refractivity contribution in [3.05, 3.63) is 20.5 Å². The van der Waals surface area contributed by atoms with Crippen LogP contribution in [0, 0.1) is 0 Å². The maximum Gasteiger partial charge on any atom is 0.266 e. The van der Waals surface area contributed by atoms with Gasteiger partial charge in [0.25, 0.3) is 5.56 Å². The molecule has 1 aromatic rings. The third kappa shape index (κ3) is 2.14. The van der Waals surface area contributed by atoms with E-state index in [9.17, 15) is 4.79 Å². The average Bonchev–Trinajstić information content (AvgIpc) is 2.74. The van der Waals surface area contributed by atoms with Gasteiger partial charge >= 0.3 is 0 Å². The van der Waals surface area contributed by atoms with Crippen molar-refractivity contribution in [1.29, 1.82) is 0 Å². The molecule has 5 heteroatoms. The second-order valence-electron chi connectivity index (χ2n) is 4.46. The summed E-state index contributed by atoms with van der Waals surface area (Å²) < 4.78 is 0.602. The van der Waals surface area contributed by atoms with Gasteiger partial charge in [-0.25, -0.2) is 4.98 Å². The second kappa shape index (κ2) is 4.57. The Kier molecular flexibility index (Phi) is 3.33. The molecule has 2 rings (SSSR count). The van der Waals surface area contributed by atoms with Crippen molar-refractivity contribution in [2.24, 2.45) is 0 Å². The van der Waals surface area contributed by atoms with Gasteiger partial charge in [0.15, 0.2) is 0 Å². The van der Waals surface area contributed by atoms with E-state index in [1.54, 1.807) is 0 Å². The highest BCUT2D eigenvalue weighted by Crippen LogP contribution is 2.35. The van der Waals surface area contributed by atoms with Gasteiger partial charge in [-0.3, -0.25) is 9.78 Å². The van der Waals surface area contributed by atoms with E-state index in [0.29, 0.717) is 16.3 Å². The molecule has 0 aromatic carbocycles. The average molecular weight is 286 g/mol. The van der Waals surface area contributed by atoms with E-state index in [2.05, 4.69) is 25.9 Å². The monoisotopic (exact) mass is 285 g/mol. The standard InChI is InChI=1S/C11H16BrN3O/c1-15(2)11-13-9(7-5-3-4-6-7)8(12)10(16)14-11/h7H,3-6H2,1-2H3,(H,13,14,16). The molecule has 1 aliphatic carbocycles. The summed E-state index contributed by atoms with van der Waals surface area (Å²) in [5.74, 6) is 1.07. The summed E-state index contributed by atoms with van der Waals surface area (Å²) in [6, 6.07) is 0. The fraction of sp³-hybridized carbons (Fsp3) is 0.636. The number of nitrogens with one attached hydrogen (secondary N) is 1. The molecular weight excluding hydrogens is 270 g/mol. The molecule has 88 valence electrons. The van der Waals surface area contributed by atoms with Crippen molar-refractivity contribution in [2.45, 2.75) is 31.6 Å². The smallest absolute Gasteiger partial charge is 0.266 e. The number of aromatic nitrogens is 2. The Balaban J connectivity index is 2.46. The predicted octanol–water partition coefficient (Wildman–Crippen LogP) is 2.26. The number of anilines is 1. The zero-order chi connectivity index (χ0) is 11.7. The number of hydrogen-bond acceptors (Lipinski definition) is 3. The zero-order valence-corrected chi connectivity index (χ0v) is 11.2.